The summed E-state index contributed by atoms with van der Waals surface area (Å²) in [5.41, 5.74) is 2.87. The predicted molar refractivity (Wildman–Crippen MR) is 130 cm³/mol. The van der Waals surface area contributed by atoms with Crippen molar-refractivity contribution in [1.29, 1.82) is 0 Å². The van der Waals surface area contributed by atoms with Gasteiger partial charge < -0.3 is 18.9 Å². The monoisotopic (exact) mass is 450 g/mol. The molecule has 2 unspecified atom stereocenters. The summed E-state index contributed by atoms with van der Waals surface area (Å²) in [6.45, 7) is 2.96. The lowest BCUT2D eigenvalue weighted by molar-refractivity contribution is 0.262. The summed E-state index contributed by atoms with van der Waals surface area (Å²) in [6, 6.07) is 17.8. The molecule has 2 aromatic rings. The summed E-state index contributed by atoms with van der Waals surface area (Å²) >= 11 is 0. The van der Waals surface area contributed by atoms with Crippen LogP contribution in [-0.4, -0.2) is 38.6 Å². The van der Waals surface area contributed by atoms with Gasteiger partial charge in [0.2, 0.25) is 0 Å². The molecule has 1 aliphatic carbocycles. The van der Waals surface area contributed by atoms with Gasteiger partial charge in [-0.1, -0.05) is 75.6 Å². The standard InChI is InChI=1S/C29H38O4/c1-2-4-6-8-18-29(17-7-5-3-1,23-9-13-25(14-10-23)30-19-27-21-32-27)24-11-15-26(16-12-24)31-20-28-22-33-28/h9-16,27-28H,1-8,17-22H2. The Labute approximate surface area is 198 Å². The molecule has 0 N–H and O–H groups in total. The van der Waals surface area contributed by atoms with Crippen molar-refractivity contribution >= 4 is 0 Å². The van der Waals surface area contributed by atoms with Crippen LogP contribution in [0.1, 0.15) is 75.3 Å². The van der Waals surface area contributed by atoms with Crippen LogP contribution in [0.5, 0.6) is 11.5 Å². The van der Waals surface area contributed by atoms with E-state index < -0.39 is 0 Å². The van der Waals surface area contributed by atoms with E-state index in [0.717, 1.165) is 24.7 Å². The van der Waals surface area contributed by atoms with Crippen molar-refractivity contribution in [2.75, 3.05) is 26.4 Å². The van der Waals surface area contributed by atoms with Crippen molar-refractivity contribution in [3.05, 3.63) is 59.7 Å². The lowest BCUT2D eigenvalue weighted by atomic mass is 9.68. The van der Waals surface area contributed by atoms with Crippen molar-refractivity contribution in [2.24, 2.45) is 0 Å². The highest BCUT2D eigenvalue weighted by atomic mass is 16.6. The van der Waals surface area contributed by atoms with E-state index >= 15 is 0 Å². The number of rotatable bonds is 8. The Bertz CT molecular complexity index is 779. The molecule has 0 spiro atoms. The van der Waals surface area contributed by atoms with Gasteiger partial charge in [-0.3, -0.25) is 0 Å². The van der Waals surface area contributed by atoms with E-state index in [2.05, 4.69) is 48.5 Å². The van der Waals surface area contributed by atoms with Crippen LogP contribution in [-0.2, 0) is 14.9 Å². The van der Waals surface area contributed by atoms with E-state index in [0.29, 0.717) is 13.2 Å². The third kappa shape index (κ3) is 6.30. The zero-order chi connectivity index (χ0) is 22.3. The Kier molecular flexibility index (Phi) is 7.53. The summed E-state index contributed by atoms with van der Waals surface area (Å²) in [4.78, 5) is 0. The average molecular weight is 451 g/mol. The maximum atomic E-state index is 5.92. The molecule has 2 aliphatic heterocycles. The van der Waals surface area contributed by atoms with Crippen LogP contribution in [0, 0.1) is 0 Å². The first-order valence-corrected chi connectivity index (χ1v) is 13.0. The molecule has 2 saturated heterocycles. The fraction of sp³-hybridized carbons (Fsp3) is 0.586. The maximum absolute atomic E-state index is 5.92. The molecule has 4 heteroatoms. The molecule has 5 rings (SSSR count). The minimum atomic E-state index is 0.0423. The van der Waals surface area contributed by atoms with Crippen LogP contribution in [0.4, 0.5) is 0 Å². The molecule has 3 fully saturated rings. The zero-order valence-corrected chi connectivity index (χ0v) is 19.8. The molecule has 0 bridgehead atoms. The molecule has 0 radical (unpaired) electrons. The van der Waals surface area contributed by atoms with Gasteiger partial charge in [0.25, 0.3) is 0 Å². The first-order chi connectivity index (χ1) is 16.3. The van der Waals surface area contributed by atoms with Crippen molar-refractivity contribution in [2.45, 2.75) is 81.8 Å². The smallest absolute Gasteiger partial charge is 0.119 e. The summed E-state index contributed by atoms with van der Waals surface area (Å²) in [5.74, 6) is 1.87. The lowest BCUT2D eigenvalue weighted by Crippen LogP contribution is -2.28. The van der Waals surface area contributed by atoms with Crippen molar-refractivity contribution in [3.8, 4) is 11.5 Å². The quantitative estimate of drug-likeness (QED) is 0.434. The van der Waals surface area contributed by atoms with Gasteiger partial charge in [0.1, 0.15) is 36.9 Å². The topological polar surface area (TPSA) is 43.5 Å². The van der Waals surface area contributed by atoms with Crippen LogP contribution >= 0.6 is 0 Å². The Balaban J connectivity index is 1.39. The van der Waals surface area contributed by atoms with Crippen molar-refractivity contribution in [3.63, 3.8) is 0 Å². The van der Waals surface area contributed by atoms with E-state index in [4.69, 9.17) is 18.9 Å². The van der Waals surface area contributed by atoms with Crippen LogP contribution in [0.3, 0.4) is 0 Å². The van der Waals surface area contributed by atoms with Crippen LogP contribution in [0.25, 0.3) is 0 Å². The van der Waals surface area contributed by atoms with Gasteiger partial charge in [-0.15, -0.1) is 0 Å². The molecule has 4 nitrogen and oxygen atoms in total. The van der Waals surface area contributed by atoms with Gasteiger partial charge in [-0.2, -0.15) is 0 Å². The third-order valence-corrected chi connectivity index (χ3v) is 7.45. The minimum absolute atomic E-state index is 0.0423. The fourth-order valence-corrected chi connectivity index (χ4v) is 5.23. The van der Waals surface area contributed by atoms with Crippen molar-refractivity contribution < 1.29 is 18.9 Å². The van der Waals surface area contributed by atoms with E-state index in [9.17, 15) is 0 Å². The molecule has 2 aromatic carbocycles. The van der Waals surface area contributed by atoms with E-state index in [-0.39, 0.29) is 17.6 Å². The van der Waals surface area contributed by atoms with E-state index in [1.165, 1.54) is 75.3 Å². The highest BCUT2D eigenvalue weighted by Crippen LogP contribution is 2.43. The second-order valence-electron chi connectivity index (χ2n) is 9.99. The summed E-state index contributed by atoms with van der Waals surface area (Å²) in [5, 5.41) is 0. The Morgan fingerprint density at radius 3 is 1.30 bits per heavy atom. The SMILES string of the molecule is c1cc(C2(c3ccc(OCC4CO4)cc3)CCCCCCCCCC2)ccc1OCC1CO1. The third-order valence-electron chi connectivity index (χ3n) is 7.45. The minimum Gasteiger partial charge on any atom is -0.491 e. The van der Waals surface area contributed by atoms with Gasteiger partial charge >= 0.3 is 0 Å². The molecule has 2 heterocycles. The number of epoxide rings is 2. The lowest BCUT2D eigenvalue weighted by Gasteiger charge is -2.36. The highest BCUT2D eigenvalue weighted by molar-refractivity contribution is 5.43. The van der Waals surface area contributed by atoms with Crippen LogP contribution in [0.2, 0.25) is 0 Å². The van der Waals surface area contributed by atoms with Gasteiger partial charge in [0.15, 0.2) is 0 Å². The Morgan fingerprint density at radius 1 is 0.576 bits per heavy atom. The first kappa shape index (κ1) is 22.7. The van der Waals surface area contributed by atoms with Crippen LogP contribution in [0.15, 0.2) is 48.5 Å². The van der Waals surface area contributed by atoms with Gasteiger partial charge in [-0.25, -0.2) is 0 Å². The van der Waals surface area contributed by atoms with Crippen LogP contribution < -0.4 is 9.47 Å². The first-order valence-electron chi connectivity index (χ1n) is 13.0. The Morgan fingerprint density at radius 2 is 0.939 bits per heavy atom. The second-order valence-corrected chi connectivity index (χ2v) is 9.99. The number of ether oxygens (including phenoxy) is 4. The Hall–Kier alpha value is -2.04. The van der Waals surface area contributed by atoms with E-state index in [1.807, 2.05) is 0 Å². The second kappa shape index (κ2) is 10.9. The molecule has 33 heavy (non-hydrogen) atoms. The van der Waals surface area contributed by atoms with Crippen molar-refractivity contribution in [1.82, 2.24) is 0 Å². The maximum Gasteiger partial charge on any atom is 0.119 e. The largest absolute Gasteiger partial charge is 0.491 e. The number of benzene rings is 2. The molecule has 0 amide bonds. The normalized spacial score (nSPS) is 25.0. The summed E-state index contributed by atoms with van der Waals surface area (Å²) < 4.78 is 22.4. The zero-order valence-electron chi connectivity index (χ0n) is 19.8. The molecule has 2 atom stereocenters. The molecular weight excluding hydrogens is 412 g/mol. The average Bonchev–Trinajstić information content (AvgIpc) is 3.77. The molecule has 0 aromatic heterocycles. The molecule has 178 valence electrons. The predicted octanol–water partition coefficient (Wildman–Crippen LogP) is 6.44. The van der Waals surface area contributed by atoms with E-state index in [1.54, 1.807) is 0 Å². The fourth-order valence-electron chi connectivity index (χ4n) is 5.23. The summed E-state index contributed by atoms with van der Waals surface area (Å²) in [7, 11) is 0. The highest BCUT2D eigenvalue weighted by Gasteiger charge is 2.34. The van der Waals surface area contributed by atoms with Gasteiger partial charge in [0.05, 0.1) is 13.2 Å². The molecule has 3 aliphatic rings. The van der Waals surface area contributed by atoms with Gasteiger partial charge in [-0.05, 0) is 48.2 Å². The van der Waals surface area contributed by atoms with Gasteiger partial charge in [0, 0.05) is 5.41 Å². The number of hydrogen-bond acceptors (Lipinski definition) is 4. The summed E-state index contributed by atoms with van der Waals surface area (Å²) in [6.07, 6.45) is 13.7. The molecular formula is C29H38O4. The molecule has 1 saturated carbocycles. The number of hydrogen-bond donors (Lipinski definition) is 0.